The Kier molecular flexibility index (Phi) is 2.66. The molecule has 0 unspecified atom stereocenters. The third kappa shape index (κ3) is 1.86. The fourth-order valence-electron chi connectivity index (χ4n) is 1.05. The summed E-state index contributed by atoms with van der Waals surface area (Å²) in [7, 11) is 3.20. The minimum Gasteiger partial charge on any atom is -0.345 e. The van der Waals surface area contributed by atoms with Gasteiger partial charge >= 0.3 is 0 Å². The van der Waals surface area contributed by atoms with Crippen LogP contribution in [0.25, 0.3) is 0 Å². The van der Waals surface area contributed by atoms with Crippen LogP contribution in [-0.4, -0.2) is 24.9 Å². The number of hydrogen-bond donors (Lipinski definition) is 0. The molecular weight excluding hydrogens is 169 g/mol. The summed E-state index contributed by atoms with van der Waals surface area (Å²) >= 11 is 0. The van der Waals surface area contributed by atoms with Gasteiger partial charge < -0.3 is 4.90 Å². The first kappa shape index (κ1) is 9.71. The number of halogens is 1. The number of amides is 1. The predicted molar refractivity (Wildman–Crippen MR) is 49.2 cm³/mol. The number of aryl methyl sites for hydroxylation is 1. The first-order chi connectivity index (χ1) is 6.04. The van der Waals surface area contributed by atoms with Gasteiger partial charge in [0, 0.05) is 14.1 Å². The van der Waals surface area contributed by atoms with Gasteiger partial charge in [0.25, 0.3) is 5.91 Å². The van der Waals surface area contributed by atoms with Crippen LogP contribution in [0, 0.1) is 12.7 Å². The summed E-state index contributed by atoms with van der Waals surface area (Å²) in [6.07, 6.45) is 0. The summed E-state index contributed by atoms with van der Waals surface area (Å²) in [6.45, 7) is 1.64. The summed E-state index contributed by atoms with van der Waals surface area (Å²) in [5.41, 5.74) is 0.623. The van der Waals surface area contributed by atoms with E-state index in [4.69, 9.17) is 0 Å². The molecule has 0 fully saturated rings. The van der Waals surface area contributed by atoms with E-state index in [0.29, 0.717) is 5.56 Å². The van der Waals surface area contributed by atoms with Gasteiger partial charge in [-0.15, -0.1) is 0 Å². The lowest BCUT2D eigenvalue weighted by atomic mass is 10.1. The van der Waals surface area contributed by atoms with Crippen molar-refractivity contribution in [2.75, 3.05) is 14.1 Å². The molecule has 0 atom stereocenters. The monoisotopic (exact) mass is 181 g/mol. The van der Waals surface area contributed by atoms with E-state index in [1.54, 1.807) is 33.2 Å². The van der Waals surface area contributed by atoms with Crippen LogP contribution in [0.15, 0.2) is 18.2 Å². The van der Waals surface area contributed by atoms with Crippen LogP contribution in [0.5, 0.6) is 0 Å². The summed E-state index contributed by atoms with van der Waals surface area (Å²) in [4.78, 5) is 12.8. The molecule has 1 aromatic carbocycles. The Labute approximate surface area is 77.0 Å². The fourth-order valence-corrected chi connectivity index (χ4v) is 1.05. The molecule has 1 amide bonds. The first-order valence-corrected chi connectivity index (χ1v) is 4.01. The van der Waals surface area contributed by atoms with E-state index in [1.165, 1.54) is 11.0 Å². The van der Waals surface area contributed by atoms with Crippen LogP contribution in [0.1, 0.15) is 15.9 Å². The zero-order chi connectivity index (χ0) is 10.0. The Morgan fingerprint density at radius 1 is 1.38 bits per heavy atom. The largest absolute Gasteiger partial charge is 0.345 e. The van der Waals surface area contributed by atoms with Crippen molar-refractivity contribution in [3.63, 3.8) is 0 Å². The average molecular weight is 181 g/mol. The molecule has 0 aliphatic heterocycles. The second-order valence-electron chi connectivity index (χ2n) is 3.14. The Morgan fingerprint density at radius 2 is 2.00 bits per heavy atom. The minimum absolute atomic E-state index is 0.130. The smallest absolute Gasteiger partial charge is 0.256 e. The molecule has 1 aromatic rings. The van der Waals surface area contributed by atoms with Crippen molar-refractivity contribution in [1.82, 2.24) is 4.90 Å². The molecule has 0 heterocycles. The number of carbonyl (C=O) groups is 1. The predicted octanol–water partition coefficient (Wildman–Crippen LogP) is 1.84. The molecule has 3 heteroatoms. The molecule has 0 aliphatic carbocycles. The molecule has 0 N–H and O–H groups in total. The van der Waals surface area contributed by atoms with Gasteiger partial charge in [-0.1, -0.05) is 12.1 Å². The van der Waals surface area contributed by atoms with Crippen molar-refractivity contribution < 1.29 is 9.18 Å². The topological polar surface area (TPSA) is 20.3 Å². The number of carbonyl (C=O) groups excluding carboxylic acids is 1. The van der Waals surface area contributed by atoms with E-state index in [9.17, 15) is 9.18 Å². The molecule has 70 valence electrons. The second kappa shape index (κ2) is 3.56. The third-order valence-corrected chi connectivity index (χ3v) is 1.83. The van der Waals surface area contributed by atoms with Crippen LogP contribution in [0.3, 0.4) is 0 Å². The summed E-state index contributed by atoms with van der Waals surface area (Å²) in [5.74, 6) is -0.734. The van der Waals surface area contributed by atoms with E-state index in [1.807, 2.05) is 0 Å². The molecule has 2 nitrogen and oxygen atoms in total. The standard InChI is InChI=1S/C10H12FNO/c1-7-5-4-6-8(9(7)11)10(13)12(2)3/h4-6H,1-3H3. The maximum absolute atomic E-state index is 13.4. The lowest BCUT2D eigenvalue weighted by Gasteiger charge is -2.11. The quantitative estimate of drug-likeness (QED) is 0.647. The Bertz CT molecular complexity index is 334. The molecule has 0 saturated heterocycles. The van der Waals surface area contributed by atoms with Crippen LogP contribution in [-0.2, 0) is 0 Å². The maximum atomic E-state index is 13.4. The molecular formula is C10H12FNO. The Hall–Kier alpha value is -1.38. The van der Waals surface area contributed by atoms with Gasteiger partial charge in [-0.05, 0) is 18.6 Å². The van der Waals surface area contributed by atoms with Crippen molar-refractivity contribution in [1.29, 1.82) is 0 Å². The van der Waals surface area contributed by atoms with Gasteiger partial charge in [0.15, 0.2) is 0 Å². The molecule has 0 aliphatic rings. The molecule has 0 spiro atoms. The normalized spacial score (nSPS) is 9.85. The van der Waals surface area contributed by atoms with Gasteiger partial charge in [-0.2, -0.15) is 0 Å². The lowest BCUT2D eigenvalue weighted by Crippen LogP contribution is -2.23. The fraction of sp³-hybridized carbons (Fsp3) is 0.300. The van der Waals surface area contributed by atoms with E-state index in [2.05, 4.69) is 0 Å². The zero-order valence-corrected chi connectivity index (χ0v) is 7.97. The summed E-state index contributed by atoms with van der Waals surface area (Å²) in [5, 5.41) is 0. The SMILES string of the molecule is Cc1cccc(C(=O)N(C)C)c1F. The molecule has 13 heavy (non-hydrogen) atoms. The maximum Gasteiger partial charge on any atom is 0.256 e. The van der Waals surface area contributed by atoms with E-state index < -0.39 is 5.82 Å². The zero-order valence-electron chi connectivity index (χ0n) is 7.97. The van der Waals surface area contributed by atoms with E-state index >= 15 is 0 Å². The van der Waals surface area contributed by atoms with Crippen molar-refractivity contribution in [3.05, 3.63) is 35.1 Å². The van der Waals surface area contributed by atoms with Crippen LogP contribution >= 0.6 is 0 Å². The third-order valence-electron chi connectivity index (χ3n) is 1.83. The van der Waals surface area contributed by atoms with Gasteiger partial charge in [0.2, 0.25) is 0 Å². The number of benzene rings is 1. The molecule has 1 rings (SSSR count). The van der Waals surface area contributed by atoms with Gasteiger partial charge in [-0.3, -0.25) is 4.79 Å². The molecule has 0 bridgehead atoms. The van der Waals surface area contributed by atoms with Crippen LogP contribution < -0.4 is 0 Å². The van der Waals surface area contributed by atoms with Gasteiger partial charge in [-0.25, -0.2) is 4.39 Å². The number of rotatable bonds is 1. The number of hydrogen-bond acceptors (Lipinski definition) is 1. The van der Waals surface area contributed by atoms with Crippen molar-refractivity contribution >= 4 is 5.91 Å². The lowest BCUT2D eigenvalue weighted by molar-refractivity contribution is 0.0823. The van der Waals surface area contributed by atoms with Crippen LogP contribution in [0.2, 0.25) is 0 Å². The van der Waals surface area contributed by atoms with Crippen molar-refractivity contribution in [2.24, 2.45) is 0 Å². The molecule has 0 radical (unpaired) electrons. The van der Waals surface area contributed by atoms with Crippen molar-refractivity contribution in [3.8, 4) is 0 Å². The van der Waals surface area contributed by atoms with Crippen LogP contribution in [0.4, 0.5) is 4.39 Å². The highest BCUT2D eigenvalue weighted by atomic mass is 19.1. The first-order valence-electron chi connectivity index (χ1n) is 4.01. The average Bonchev–Trinajstić information content (AvgIpc) is 2.08. The molecule has 0 saturated carbocycles. The van der Waals surface area contributed by atoms with Gasteiger partial charge in [0.1, 0.15) is 5.82 Å². The minimum atomic E-state index is -0.429. The summed E-state index contributed by atoms with van der Waals surface area (Å²) < 4.78 is 13.4. The molecule has 0 aromatic heterocycles. The van der Waals surface area contributed by atoms with E-state index in [-0.39, 0.29) is 11.5 Å². The highest BCUT2D eigenvalue weighted by molar-refractivity contribution is 5.94. The van der Waals surface area contributed by atoms with E-state index in [0.717, 1.165) is 0 Å². The number of nitrogens with zero attached hydrogens (tertiary/aromatic N) is 1. The Balaban J connectivity index is 3.15. The van der Waals surface area contributed by atoms with Gasteiger partial charge in [0.05, 0.1) is 5.56 Å². The second-order valence-corrected chi connectivity index (χ2v) is 3.14. The Morgan fingerprint density at radius 3 is 2.54 bits per heavy atom. The van der Waals surface area contributed by atoms with Crippen molar-refractivity contribution in [2.45, 2.75) is 6.92 Å². The highest BCUT2D eigenvalue weighted by Gasteiger charge is 2.13. The summed E-state index contributed by atoms with van der Waals surface area (Å²) in [6, 6.07) is 4.81. The highest BCUT2D eigenvalue weighted by Crippen LogP contribution is 2.12.